The molecule has 2 aromatic carbocycles. The zero-order valence-electron chi connectivity index (χ0n) is 17.9. The van der Waals surface area contributed by atoms with Gasteiger partial charge in [0.25, 0.3) is 5.91 Å². The van der Waals surface area contributed by atoms with Crippen LogP contribution in [0.3, 0.4) is 0 Å². The fourth-order valence-electron chi connectivity index (χ4n) is 4.00. The molecule has 0 aliphatic carbocycles. The van der Waals surface area contributed by atoms with Crippen molar-refractivity contribution in [3.8, 4) is 0 Å². The molecule has 0 radical (unpaired) electrons. The van der Waals surface area contributed by atoms with Gasteiger partial charge in [0.15, 0.2) is 9.84 Å². The molecule has 33 heavy (non-hydrogen) atoms. The van der Waals surface area contributed by atoms with Crippen LogP contribution in [0.5, 0.6) is 0 Å². The third-order valence-electron chi connectivity index (χ3n) is 5.71. The number of hydrogen-bond donors (Lipinski definition) is 2. The number of amides is 2. The number of rotatable bonds is 7. The summed E-state index contributed by atoms with van der Waals surface area (Å²) in [6.45, 7) is 1.18. The van der Waals surface area contributed by atoms with Crippen molar-refractivity contribution < 1.29 is 26.4 Å². The van der Waals surface area contributed by atoms with Crippen LogP contribution in [0.2, 0.25) is 0 Å². The highest BCUT2D eigenvalue weighted by molar-refractivity contribution is 7.92. The molecule has 2 heterocycles. The molecule has 2 N–H and O–H groups in total. The van der Waals surface area contributed by atoms with Gasteiger partial charge in [-0.05, 0) is 54.8 Å². The number of likely N-dealkylation sites (tertiary alicyclic amines) is 1. The van der Waals surface area contributed by atoms with E-state index in [2.05, 4.69) is 10.0 Å². The topological polar surface area (TPSA) is 130 Å². The summed E-state index contributed by atoms with van der Waals surface area (Å²) in [5.74, 6) is -0.468. The van der Waals surface area contributed by atoms with Crippen LogP contribution in [-0.4, -0.2) is 57.6 Å². The van der Waals surface area contributed by atoms with Crippen LogP contribution in [0.25, 0.3) is 0 Å². The largest absolute Gasteiger partial charge is 0.338 e. The van der Waals surface area contributed by atoms with E-state index in [0.717, 1.165) is 18.5 Å². The Bertz CT molecular complexity index is 1270. The van der Waals surface area contributed by atoms with Gasteiger partial charge in [-0.15, -0.1) is 0 Å². The van der Waals surface area contributed by atoms with E-state index in [1.807, 2.05) is 6.07 Å². The first-order valence-electron chi connectivity index (χ1n) is 10.6. The summed E-state index contributed by atoms with van der Waals surface area (Å²) in [7, 11) is -7.08. The molecular weight excluding hydrogens is 466 g/mol. The zero-order chi connectivity index (χ0) is 23.6. The van der Waals surface area contributed by atoms with Crippen molar-refractivity contribution >= 4 is 37.4 Å². The summed E-state index contributed by atoms with van der Waals surface area (Å²) < 4.78 is 50.6. The fraction of sp³-hybridized carbons (Fsp3) is 0.364. The van der Waals surface area contributed by atoms with Gasteiger partial charge in [-0.1, -0.05) is 12.1 Å². The number of carbonyl (C=O) groups excluding carboxylic acids is 2. The molecule has 2 aromatic rings. The smallest absolute Gasteiger partial charge is 0.255 e. The highest BCUT2D eigenvalue weighted by atomic mass is 32.2. The summed E-state index contributed by atoms with van der Waals surface area (Å²) in [4.78, 5) is 26.3. The Kier molecular flexibility index (Phi) is 6.55. The lowest BCUT2D eigenvalue weighted by Crippen LogP contribution is -2.35. The van der Waals surface area contributed by atoms with Gasteiger partial charge < -0.3 is 10.2 Å². The van der Waals surface area contributed by atoms with E-state index in [9.17, 15) is 26.4 Å². The Morgan fingerprint density at radius 1 is 1.12 bits per heavy atom. The lowest BCUT2D eigenvalue weighted by Gasteiger charge is -2.16. The molecule has 4 rings (SSSR count). The van der Waals surface area contributed by atoms with E-state index in [-0.39, 0.29) is 34.6 Å². The van der Waals surface area contributed by atoms with Crippen LogP contribution in [0.4, 0.5) is 5.69 Å². The van der Waals surface area contributed by atoms with Crippen molar-refractivity contribution in [2.24, 2.45) is 0 Å². The molecule has 2 aliphatic heterocycles. The average Bonchev–Trinajstić information content (AvgIpc) is 3.32. The molecular formula is C22H25N3O6S2. The van der Waals surface area contributed by atoms with Crippen LogP contribution in [-0.2, 0) is 31.2 Å². The van der Waals surface area contributed by atoms with E-state index < -0.39 is 25.9 Å². The molecule has 2 amide bonds. The van der Waals surface area contributed by atoms with Crippen molar-refractivity contribution in [2.45, 2.75) is 36.7 Å². The molecule has 9 nitrogen and oxygen atoms in total. The number of carbonyl (C=O) groups is 2. The van der Waals surface area contributed by atoms with Gasteiger partial charge in [-0.2, -0.15) is 0 Å². The van der Waals surface area contributed by atoms with Gasteiger partial charge in [-0.25, -0.2) is 21.6 Å². The maximum absolute atomic E-state index is 12.7. The Morgan fingerprint density at radius 2 is 1.88 bits per heavy atom. The second kappa shape index (κ2) is 9.24. The Labute approximate surface area is 193 Å². The monoisotopic (exact) mass is 491 g/mol. The summed E-state index contributed by atoms with van der Waals surface area (Å²) >= 11 is 0. The molecule has 0 aromatic heterocycles. The molecule has 176 valence electrons. The molecule has 2 fully saturated rings. The second-order valence-corrected chi connectivity index (χ2v) is 12.3. The first-order valence-corrected chi connectivity index (χ1v) is 13.9. The molecule has 0 bridgehead atoms. The van der Waals surface area contributed by atoms with E-state index in [1.165, 1.54) is 24.3 Å². The van der Waals surface area contributed by atoms with Gasteiger partial charge >= 0.3 is 0 Å². The SMILES string of the molecule is O=C(Nc1ccc(S(=O)(=O)N[C@@H]2CCS(=O)(=O)C2)cc1)c1cccc(CN2CCCC2=O)c1. The third-order valence-corrected chi connectivity index (χ3v) is 9.02. The van der Waals surface area contributed by atoms with E-state index in [1.54, 1.807) is 23.1 Å². The maximum atomic E-state index is 12.7. The first-order chi connectivity index (χ1) is 15.6. The van der Waals surface area contributed by atoms with Crippen molar-refractivity contribution in [3.05, 3.63) is 59.7 Å². The number of anilines is 1. The number of nitrogens with one attached hydrogen (secondary N) is 2. The van der Waals surface area contributed by atoms with Gasteiger partial charge in [0, 0.05) is 36.8 Å². The highest BCUT2D eigenvalue weighted by Gasteiger charge is 2.31. The lowest BCUT2D eigenvalue weighted by atomic mass is 10.1. The number of hydrogen-bond acceptors (Lipinski definition) is 6. The number of sulfone groups is 1. The molecule has 2 aliphatic rings. The third kappa shape index (κ3) is 5.79. The molecule has 0 saturated carbocycles. The minimum absolute atomic E-state index is 0.0120. The number of nitrogens with zero attached hydrogens (tertiary/aromatic N) is 1. The normalized spacial score (nSPS) is 20.2. The standard InChI is InChI=1S/C22H25N3O6S2/c26-21-5-2-11-25(21)14-16-3-1-4-17(13-16)22(27)23-18-6-8-20(9-7-18)33(30,31)24-19-10-12-32(28,29)15-19/h1,3-4,6-9,13,19,24H,2,5,10-12,14-15H2,(H,23,27)/t19-/m1/s1. The summed E-state index contributed by atoms with van der Waals surface area (Å²) in [6, 6.07) is 12.1. The predicted octanol–water partition coefficient (Wildman–Crippen LogP) is 1.53. The van der Waals surface area contributed by atoms with Gasteiger partial charge in [-0.3, -0.25) is 9.59 Å². The Hall–Kier alpha value is -2.76. The number of sulfonamides is 1. The minimum Gasteiger partial charge on any atom is -0.338 e. The number of benzene rings is 2. The van der Waals surface area contributed by atoms with Crippen molar-refractivity contribution in [1.29, 1.82) is 0 Å². The first kappa shape index (κ1) is 23.4. The Balaban J connectivity index is 1.39. The fourth-order valence-corrected chi connectivity index (χ4v) is 7.05. The van der Waals surface area contributed by atoms with E-state index >= 15 is 0 Å². The molecule has 1 atom stereocenters. The molecule has 0 unspecified atom stereocenters. The highest BCUT2D eigenvalue weighted by Crippen LogP contribution is 2.19. The maximum Gasteiger partial charge on any atom is 0.255 e. The van der Waals surface area contributed by atoms with Crippen LogP contribution >= 0.6 is 0 Å². The van der Waals surface area contributed by atoms with Crippen molar-refractivity contribution in [2.75, 3.05) is 23.4 Å². The van der Waals surface area contributed by atoms with Crippen molar-refractivity contribution in [3.63, 3.8) is 0 Å². The van der Waals surface area contributed by atoms with Crippen LogP contribution < -0.4 is 10.0 Å². The second-order valence-electron chi connectivity index (χ2n) is 8.32. The average molecular weight is 492 g/mol. The van der Waals surface area contributed by atoms with Crippen LogP contribution in [0.15, 0.2) is 53.4 Å². The van der Waals surface area contributed by atoms with Gasteiger partial charge in [0.2, 0.25) is 15.9 Å². The molecule has 2 saturated heterocycles. The summed E-state index contributed by atoms with van der Waals surface area (Å²) in [5.41, 5.74) is 1.71. The van der Waals surface area contributed by atoms with E-state index in [0.29, 0.717) is 24.2 Å². The van der Waals surface area contributed by atoms with Crippen molar-refractivity contribution in [1.82, 2.24) is 9.62 Å². The van der Waals surface area contributed by atoms with Crippen LogP contribution in [0.1, 0.15) is 35.2 Å². The summed E-state index contributed by atoms with van der Waals surface area (Å²) in [6.07, 6.45) is 1.65. The quantitative estimate of drug-likeness (QED) is 0.604. The summed E-state index contributed by atoms with van der Waals surface area (Å²) in [5, 5.41) is 2.74. The van der Waals surface area contributed by atoms with Gasteiger partial charge in [0.1, 0.15) is 0 Å². The predicted molar refractivity (Wildman–Crippen MR) is 123 cm³/mol. The Morgan fingerprint density at radius 3 is 2.52 bits per heavy atom. The molecule has 0 spiro atoms. The van der Waals surface area contributed by atoms with Crippen LogP contribution in [0, 0.1) is 0 Å². The van der Waals surface area contributed by atoms with E-state index in [4.69, 9.17) is 0 Å². The lowest BCUT2D eigenvalue weighted by molar-refractivity contribution is -0.128. The zero-order valence-corrected chi connectivity index (χ0v) is 19.5. The molecule has 11 heteroatoms. The van der Waals surface area contributed by atoms with Gasteiger partial charge in [0.05, 0.1) is 16.4 Å². The minimum atomic E-state index is -3.87.